The van der Waals surface area contributed by atoms with Gasteiger partial charge in [-0.3, -0.25) is 0 Å². The van der Waals surface area contributed by atoms with Crippen LogP contribution >= 0.6 is 32.1 Å². The van der Waals surface area contributed by atoms with Crippen molar-refractivity contribution in [3.8, 4) is 10.6 Å². The zero-order chi connectivity index (χ0) is 25.7. The first-order chi connectivity index (χ1) is 18.0. The van der Waals surface area contributed by atoms with E-state index in [2.05, 4.69) is 51.9 Å². The van der Waals surface area contributed by atoms with Gasteiger partial charge in [-0.2, -0.15) is 0 Å². The van der Waals surface area contributed by atoms with Gasteiger partial charge in [0, 0.05) is 0 Å². The third kappa shape index (κ3) is 4.92. The topological polar surface area (TPSA) is 39.2 Å². The van der Waals surface area contributed by atoms with Crippen LogP contribution in [0.15, 0.2) is 121 Å². The van der Waals surface area contributed by atoms with Gasteiger partial charge in [0.2, 0.25) is 0 Å². The molecule has 0 aliphatic rings. The summed E-state index contributed by atoms with van der Waals surface area (Å²) in [7, 11) is 0. The summed E-state index contributed by atoms with van der Waals surface area (Å²) in [6, 6.07) is 40.9. The van der Waals surface area contributed by atoms with Crippen LogP contribution in [0.1, 0.15) is 10.6 Å². The SMILES string of the molecule is Cc1nc(-c2ccccc2)sc1COC(=O)CP(Br)(c1ccccc1)(c1ccccc1)c1ccccc1. The van der Waals surface area contributed by atoms with Gasteiger partial charge in [-0.05, 0) is 0 Å². The number of nitrogens with zero attached hydrogens (tertiary/aromatic N) is 1. The molecule has 186 valence electrons. The van der Waals surface area contributed by atoms with Crippen molar-refractivity contribution in [2.24, 2.45) is 0 Å². The standard InChI is InChI=1S/C31H27BrNO2PS/c1-24-29(37-31(33-24)25-14-6-2-7-15-25)22-35-30(34)23-36(32,26-16-8-3-9-17-26,27-18-10-4-11-19-27)28-20-12-5-13-21-28/h2-21H,22-23H2,1H3. The fourth-order valence-corrected chi connectivity index (χ4v) is 12.8. The van der Waals surface area contributed by atoms with Crippen molar-refractivity contribution < 1.29 is 9.53 Å². The van der Waals surface area contributed by atoms with Crippen LogP contribution in [0.3, 0.4) is 0 Å². The van der Waals surface area contributed by atoms with E-state index in [-0.39, 0.29) is 18.7 Å². The number of ether oxygens (including phenoxy) is 1. The number of hydrogen-bond acceptors (Lipinski definition) is 4. The van der Waals surface area contributed by atoms with Crippen molar-refractivity contribution in [3.63, 3.8) is 0 Å². The van der Waals surface area contributed by atoms with Crippen LogP contribution in [0.2, 0.25) is 0 Å². The molecule has 4 aromatic carbocycles. The molecule has 5 aromatic rings. The van der Waals surface area contributed by atoms with Crippen molar-refractivity contribution >= 4 is 54.0 Å². The fraction of sp³-hybridized carbons (Fsp3) is 0.0968. The molecule has 1 heterocycles. The number of esters is 1. The summed E-state index contributed by atoms with van der Waals surface area (Å²) in [4.78, 5) is 19.4. The predicted molar refractivity (Wildman–Crippen MR) is 161 cm³/mol. The maximum absolute atomic E-state index is 13.7. The molecule has 6 heteroatoms. The van der Waals surface area contributed by atoms with Gasteiger partial charge in [0.05, 0.1) is 0 Å². The average molecular weight is 589 g/mol. The minimum atomic E-state index is -3.38. The first kappa shape index (κ1) is 25.5. The molecule has 5 rings (SSSR count). The van der Waals surface area contributed by atoms with E-state index < -0.39 is 5.31 Å². The number of thiazole rings is 1. The summed E-state index contributed by atoms with van der Waals surface area (Å²) in [6.07, 6.45) is 0.201. The Kier molecular flexibility index (Phi) is 7.39. The normalized spacial score (nSPS) is 12.4. The summed E-state index contributed by atoms with van der Waals surface area (Å²) >= 11 is 5.88. The number of halogens is 1. The number of rotatable bonds is 8. The van der Waals surface area contributed by atoms with E-state index in [0.717, 1.165) is 37.1 Å². The number of aromatic nitrogens is 1. The number of carbonyl (C=O) groups is 1. The second kappa shape index (κ2) is 10.7. The van der Waals surface area contributed by atoms with E-state index in [4.69, 9.17) is 9.72 Å². The number of carbonyl (C=O) groups excluding carboxylic acids is 1. The van der Waals surface area contributed by atoms with Gasteiger partial charge in [-0.15, -0.1) is 0 Å². The van der Waals surface area contributed by atoms with Gasteiger partial charge in [-0.25, -0.2) is 0 Å². The van der Waals surface area contributed by atoms with Crippen LogP contribution in [0.5, 0.6) is 0 Å². The van der Waals surface area contributed by atoms with E-state index >= 15 is 0 Å². The number of aryl methyl sites for hydroxylation is 1. The fourth-order valence-electron chi connectivity index (χ4n) is 4.64. The Morgan fingerprint density at radius 2 is 1.19 bits per heavy atom. The molecule has 3 nitrogen and oxygen atoms in total. The van der Waals surface area contributed by atoms with E-state index in [9.17, 15) is 4.79 Å². The Morgan fingerprint density at radius 1 is 0.757 bits per heavy atom. The van der Waals surface area contributed by atoms with Gasteiger partial charge < -0.3 is 0 Å². The van der Waals surface area contributed by atoms with Crippen LogP contribution in [0, 0.1) is 6.92 Å². The number of benzene rings is 4. The van der Waals surface area contributed by atoms with Crippen molar-refractivity contribution in [3.05, 3.63) is 132 Å². The predicted octanol–water partition coefficient (Wildman–Crippen LogP) is 7.00. The summed E-state index contributed by atoms with van der Waals surface area (Å²) in [6.45, 7) is 2.17. The van der Waals surface area contributed by atoms with Crippen LogP contribution in [0.4, 0.5) is 0 Å². The van der Waals surface area contributed by atoms with Gasteiger partial charge in [0.1, 0.15) is 0 Å². The summed E-state index contributed by atoms with van der Waals surface area (Å²) in [5, 5.41) is 0.812. The molecule has 0 atom stereocenters. The first-order valence-electron chi connectivity index (χ1n) is 12.1. The van der Waals surface area contributed by atoms with Gasteiger partial charge in [0.25, 0.3) is 0 Å². The van der Waals surface area contributed by atoms with Crippen LogP contribution < -0.4 is 15.9 Å². The molecule has 0 saturated carbocycles. The summed E-state index contributed by atoms with van der Waals surface area (Å²) in [5.41, 5.74) is 1.96. The summed E-state index contributed by atoms with van der Waals surface area (Å²) < 4.78 is 5.98. The van der Waals surface area contributed by atoms with Crippen LogP contribution in [0.25, 0.3) is 10.6 Å². The second-order valence-electron chi connectivity index (χ2n) is 8.90. The van der Waals surface area contributed by atoms with Gasteiger partial charge in [0.15, 0.2) is 0 Å². The Balaban J connectivity index is 1.51. The zero-order valence-corrected chi connectivity index (χ0v) is 23.8. The molecule has 0 unspecified atom stereocenters. The Morgan fingerprint density at radius 3 is 1.65 bits per heavy atom. The van der Waals surface area contributed by atoms with Gasteiger partial charge in [-0.1, -0.05) is 0 Å². The molecule has 0 saturated heterocycles. The maximum atomic E-state index is 13.7. The minimum absolute atomic E-state index is 0.201. The molecule has 0 spiro atoms. The second-order valence-corrected chi connectivity index (χ2v) is 18.9. The Hall–Kier alpha value is -3.11. The Labute approximate surface area is 229 Å². The Bertz CT molecular complexity index is 1390. The third-order valence-electron chi connectivity index (χ3n) is 6.59. The molecule has 0 bridgehead atoms. The van der Waals surface area contributed by atoms with Crippen molar-refractivity contribution in [2.45, 2.75) is 13.5 Å². The molecule has 1 aromatic heterocycles. The molecular weight excluding hydrogens is 561 g/mol. The van der Waals surface area contributed by atoms with E-state index in [1.54, 1.807) is 11.3 Å². The van der Waals surface area contributed by atoms with Crippen molar-refractivity contribution in [1.82, 2.24) is 4.98 Å². The van der Waals surface area contributed by atoms with Crippen molar-refractivity contribution in [2.75, 3.05) is 6.16 Å². The molecular formula is C31H27BrNO2PS. The third-order valence-corrected chi connectivity index (χ3v) is 17.2. The molecule has 0 N–H and O–H groups in total. The first-order valence-corrected chi connectivity index (χ1v) is 17.3. The molecule has 0 fully saturated rings. The van der Waals surface area contributed by atoms with E-state index in [1.807, 2.05) is 91.9 Å². The molecule has 0 amide bonds. The van der Waals surface area contributed by atoms with Gasteiger partial charge >= 0.3 is 231 Å². The van der Waals surface area contributed by atoms with E-state index in [1.165, 1.54) is 0 Å². The number of hydrogen-bond donors (Lipinski definition) is 0. The van der Waals surface area contributed by atoms with E-state index in [0.29, 0.717) is 0 Å². The summed E-state index contributed by atoms with van der Waals surface area (Å²) in [5.74, 6) is -0.250. The van der Waals surface area contributed by atoms with Crippen LogP contribution in [-0.2, 0) is 16.1 Å². The molecule has 0 radical (unpaired) electrons. The molecule has 37 heavy (non-hydrogen) atoms. The van der Waals surface area contributed by atoms with Crippen molar-refractivity contribution in [1.29, 1.82) is 0 Å². The zero-order valence-electron chi connectivity index (χ0n) is 20.5. The quantitative estimate of drug-likeness (QED) is 0.145. The molecule has 0 aliphatic heterocycles. The van der Waals surface area contributed by atoms with Crippen LogP contribution in [-0.4, -0.2) is 17.1 Å². The molecule has 0 aliphatic carbocycles. The monoisotopic (exact) mass is 587 g/mol. The average Bonchev–Trinajstić information content (AvgIpc) is 3.34.